The van der Waals surface area contributed by atoms with Crippen molar-refractivity contribution in [1.29, 1.82) is 0 Å². The molecule has 1 heterocycles. The number of rotatable bonds is 7. The highest BCUT2D eigenvalue weighted by molar-refractivity contribution is 7.13. The Morgan fingerprint density at radius 3 is 2.65 bits per heavy atom. The van der Waals surface area contributed by atoms with Crippen LogP contribution in [0.5, 0.6) is 11.5 Å². The third-order valence-corrected chi connectivity index (χ3v) is 4.61. The Hall–Kier alpha value is -2.86. The minimum absolute atomic E-state index is 0.106. The van der Waals surface area contributed by atoms with Gasteiger partial charge in [0.1, 0.15) is 16.5 Å². The zero-order chi connectivity index (χ0) is 18.4. The Morgan fingerprint density at radius 1 is 1.15 bits per heavy atom. The fourth-order valence-corrected chi connectivity index (χ4v) is 3.33. The van der Waals surface area contributed by atoms with E-state index in [1.165, 1.54) is 11.3 Å². The van der Waals surface area contributed by atoms with Crippen LogP contribution in [0.4, 0.5) is 5.69 Å². The summed E-state index contributed by atoms with van der Waals surface area (Å²) in [6, 6.07) is 15.0. The Kier molecular flexibility index (Phi) is 5.86. The van der Waals surface area contributed by atoms with E-state index in [0.717, 1.165) is 33.5 Å². The summed E-state index contributed by atoms with van der Waals surface area (Å²) in [4.78, 5) is 16.8. The number of benzene rings is 2. The molecule has 1 aromatic heterocycles. The van der Waals surface area contributed by atoms with E-state index in [1.54, 1.807) is 19.2 Å². The van der Waals surface area contributed by atoms with Crippen LogP contribution in [0.25, 0.3) is 10.6 Å². The monoisotopic (exact) mass is 368 g/mol. The smallest absolute Gasteiger partial charge is 0.230 e. The van der Waals surface area contributed by atoms with E-state index in [0.29, 0.717) is 6.61 Å². The quantitative estimate of drug-likeness (QED) is 0.671. The van der Waals surface area contributed by atoms with Crippen LogP contribution in [0.1, 0.15) is 12.6 Å². The second-order valence-electron chi connectivity index (χ2n) is 5.53. The van der Waals surface area contributed by atoms with Gasteiger partial charge in [0.15, 0.2) is 0 Å². The van der Waals surface area contributed by atoms with E-state index < -0.39 is 0 Å². The molecule has 0 radical (unpaired) electrons. The van der Waals surface area contributed by atoms with Gasteiger partial charge in [0.2, 0.25) is 5.91 Å². The fourth-order valence-electron chi connectivity index (χ4n) is 2.48. The number of nitrogens with zero attached hydrogens (tertiary/aromatic N) is 1. The van der Waals surface area contributed by atoms with Crippen molar-refractivity contribution in [2.75, 3.05) is 19.0 Å². The number of methoxy groups -OCH3 is 1. The first-order chi connectivity index (χ1) is 12.7. The van der Waals surface area contributed by atoms with Crippen molar-refractivity contribution in [3.63, 3.8) is 0 Å². The van der Waals surface area contributed by atoms with Gasteiger partial charge in [0.25, 0.3) is 0 Å². The van der Waals surface area contributed by atoms with Gasteiger partial charge >= 0.3 is 0 Å². The Labute approximate surface area is 156 Å². The van der Waals surface area contributed by atoms with E-state index in [2.05, 4.69) is 10.3 Å². The molecule has 0 unspecified atom stereocenters. The highest BCUT2D eigenvalue weighted by Gasteiger charge is 2.12. The van der Waals surface area contributed by atoms with E-state index in [-0.39, 0.29) is 12.3 Å². The molecule has 0 fully saturated rings. The first-order valence-electron chi connectivity index (χ1n) is 8.30. The van der Waals surface area contributed by atoms with Gasteiger partial charge in [0, 0.05) is 11.1 Å². The normalized spacial score (nSPS) is 10.4. The number of nitrogens with one attached hydrogen (secondary N) is 1. The summed E-state index contributed by atoms with van der Waals surface area (Å²) in [6.07, 6.45) is 0.222. The van der Waals surface area contributed by atoms with E-state index in [9.17, 15) is 4.79 Å². The Balaban J connectivity index is 1.67. The van der Waals surface area contributed by atoms with Crippen molar-refractivity contribution < 1.29 is 14.3 Å². The van der Waals surface area contributed by atoms with Gasteiger partial charge in [-0.25, -0.2) is 4.98 Å². The summed E-state index contributed by atoms with van der Waals surface area (Å²) in [5.74, 6) is 1.45. The molecule has 5 nitrogen and oxygen atoms in total. The van der Waals surface area contributed by atoms with Crippen LogP contribution in [-0.4, -0.2) is 24.6 Å². The number of anilines is 1. The second kappa shape index (κ2) is 8.49. The predicted octanol–water partition coefficient (Wildman–Crippen LogP) is 4.40. The van der Waals surface area contributed by atoms with E-state index >= 15 is 0 Å². The molecule has 0 saturated carbocycles. The van der Waals surface area contributed by atoms with Crippen LogP contribution in [-0.2, 0) is 11.2 Å². The maximum Gasteiger partial charge on any atom is 0.230 e. The number of para-hydroxylation sites is 1. The maximum atomic E-state index is 12.2. The lowest BCUT2D eigenvalue weighted by molar-refractivity contribution is -0.115. The third kappa shape index (κ3) is 4.40. The largest absolute Gasteiger partial charge is 0.497 e. The van der Waals surface area contributed by atoms with Crippen molar-refractivity contribution in [1.82, 2.24) is 4.98 Å². The molecular weight excluding hydrogens is 348 g/mol. The second-order valence-corrected chi connectivity index (χ2v) is 6.38. The lowest BCUT2D eigenvalue weighted by Gasteiger charge is -2.07. The van der Waals surface area contributed by atoms with Crippen LogP contribution in [0.15, 0.2) is 53.9 Å². The molecule has 6 heteroatoms. The molecule has 0 saturated heterocycles. The first-order valence-corrected chi connectivity index (χ1v) is 9.18. The molecule has 2 aromatic carbocycles. The third-order valence-electron chi connectivity index (χ3n) is 3.68. The number of carbonyl (C=O) groups is 1. The average Bonchev–Trinajstić information content (AvgIpc) is 3.11. The molecule has 0 bridgehead atoms. The van der Waals surface area contributed by atoms with Crippen molar-refractivity contribution >= 4 is 22.9 Å². The fraction of sp³-hybridized carbons (Fsp3) is 0.200. The number of amides is 1. The maximum absolute atomic E-state index is 12.2. The summed E-state index contributed by atoms with van der Waals surface area (Å²) in [5, 5.41) is 5.62. The van der Waals surface area contributed by atoms with Gasteiger partial charge in [-0.2, -0.15) is 0 Å². The molecule has 3 aromatic rings. The van der Waals surface area contributed by atoms with Crippen LogP contribution < -0.4 is 14.8 Å². The highest BCUT2D eigenvalue weighted by atomic mass is 32.1. The average molecular weight is 368 g/mol. The zero-order valence-corrected chi connectivity index (χ0v) is 15.5. The first kappa shape index (κ1) is 17.9. The molecule has 0 aliphatic carbocycles. The topological polar surface area (TPSA) is 60.5 Å². The lowest BCUT2D eigenvalue weighted by Crippen LogP contribution is -2.14. The van der Waals surface area contributed by atoms with Crippen LogP contribution >= 0.6 is 11.3 Å². The number of thiazole rings is 1. The molecule has 26 heavy (non-hydrogen) atoms. The number of aromatic nitrogens is 1. The summed E-state index contributed by atoms with van der Waals surface area (Å²) in [6.45, 7) is 2.55. The van der Waals surface area contributed by atoms with Crippen molar-refractivity contribution in [3.05, 3.63) is 59.6 Å². The summed E-state index contributed by atoms with van der Waals surface area (Å²) in [7, 11) is 1.61. The van der Waals surface area contributed by atoms with Gasteiger partial charge in [0.05, 0.1) is 31.4 Å². The molecule has 0 aliphatic rings. The van der Waals surface area contributed by atoms with E-state index in [1.807, 2.05) is 48.7 Å². The standard InChI is InChI=1S/C20H20N2O3S/c1-3-25-18-7-5-4-6-17(18)20-22-15(13-26-20)12-19(23)21-14-8-10-16(24-2)11-9-14/h4-11,13H,3,12H2,1-2H3,(H,21,23). The Morgan fingerprint density at radius 2 is 1.92 bits per heavy atom. The van der Waals surface area contributed by atoms with Crippen LogP contribution in [0.3, 0.4) is 0 Å². The molecule has 3 rings (SSSR count). The molecule has 0 spiro atoms. The Bertz CT molecular complexity index is 875. The van der Waals surface area contributed by atoms with Crippen molar-refractivity contribution in [2.24, 2.45) is 0 Å². The van der Waals surface area contributed by atoms with Gasteiger partial charge in [-0.05, 0) is 43.3 Å². The van der Waals surface area contributed by atoms with Gasteiger partial charge in [-0.15, -0.1) is 11.3 Å². The molecule has 0 atom stereocenters. The SMILES string of the molecule is CCOc1ccccc1-c1nc(CC(=O)Nc2ccc(OC)cc2)cs1. The van der Waals surface area contributed by atoms with Crippen LogP contribution in [0, 0.1) is 0 Å². The summed E-state index contributed by atoms with van der Waals surface area (Å²) in [5.41, 5.74) is 2.41. The summed E-state index contributed by atoms with van der Waals surface area (Å²) >= 11 is 1.51. The van der Waals surface area contributed by atoms with Gasteiger partial charge in [-0.3, -0.25) is 4.79 Å². The molecule has 134 valence electrons. The van der Waals surface area contributed by atoms with Crippen molar-refractivity contribution in [3.8, 4) is 22.1 Å². The zero-order valence-electron chi connectivity index (χ0n) is 14.7. The highest BCUT2D eigenvalue weighted by Crippen LogP contribution is 2.32. The van der Waals surface area contributed by atoms with Gasteiger partial charge < -0.3 is 14.8 Å². The van der Waals surface area contributed by atoms with Gasteiger partial charge in [-0.1, -0.05) is 12.1 Å². The molecular formula is C20H20N2O3S. The minimum Gasteiger partial charge on any atom is -0.497 e. The number of carbonyl (C=O) groups excluding carboxylic acids is 1. The van der Waals surface area contributed by atoms with Crippen molar-refractivity contribution in [2.45, 2.75) is 13.3 Å². The molecule has 0 aliphatic heterocycles. The lowest BCUT2D eigenvalue weighted by atomic mass is 10.2. The van der Waals surface area contributed by atoms with Crippen LogP contribution in [0.2, 0.25) is 0 Å². The predicted molar refractivity (Wildman–Crippen MR) is 104 cm³/mol. The number of ether oxygens (including phenoxy) is 2. The van der Waals surface area contributed by atoms with E-state index in [4.69, 9.17) is 9.47 Å². The molecule has 1 amide bonds. The number of hydrogen-bond acceptors (Lipinski definition) is 5. The minimum atomic E-state index is -0.106. The molecule has 1 N–H and O–H groups in total. The number of hydrogen-bond donors (Lipinski definition) is 1. The summed E-state index contributed by atoms with van der Waals surface area (Å²) < 4.78 is 10.8.